The molecule has 2 N–H and O–H groups in total. The number of carbonyl (C=O) groups excluding carboxylic acids is 1. The summed E-state index contributed by atoms with van der Waals surface area (Å²) in [4.78, 5) is 12.5. The van der Waals surface area contributed by atoms with Crippen molar-refractivity contribution in [3.8, 4) is 29.1 Å². The number of hydrogen-bond acceptors (Lipinski definition) is 7. The average molecular weight is 547 g/mol. The Hall–Kier alpha value is -5.22. The molecule has 0 spiro atoms. The SMILES string of the molecule is Cc1ccc(COc2cccc(C3C(C#N)=C(N)Oc4cc(OC(=O)COc5cccc(C)c5C)ccc43)c2)cc1. The van der Waals surface area contributed by atoms with E-state index in [0.29, 0.717) is 29.4 Å². The minimum absolute atomic E-state index is 0.00212. The second kappa shape index (κ2) is 11.9. The zero-order chi connectivity index (χ0) is 28.9. The van der Waals surface area contributed by atoms with Crippen LogP contribution in [-0.4, -0.2) is 12.6 Å². The Morgan fingerprint density at radius 2 is 1.71 bits per heavy atom. The van der Waals surface area contributed by atoms with Crippen molar-refractivity contribution in [3.05, 3.63) is 130 Å². The molecule has 4 aromatic rings. The third-order valence-corrected chi connectivity index (χ3v) is 7.04. The van der Waals surface area contributed by atoms with E-state index in [1.54, 1.807) is 18.2 Å². The van der Waals surface area contributed by atoms with Crippen LogP contribution in [-0.2, 0) is 11.4 Å². The molecule has 0 aromatic heterocycles. The number of ether oxygens (including phenoxy) is 4. The third kappa shape index (κ3) is 6.18. The van der Waals surface area contributed by atoms with Crippen molar-refractivity contribution >= 4 is 5.97 Å². The van der Waals surface area contributed by atoms with Gasteiger partial charge in [0.1, 0.15) is 41.2 Å². The van der Waals surface area contributed by atoms with Gasteiger partial charge in [0.2, 0.25) is 5.88 Å². The van der Waals surface area contributed by atoms with Crippen molar-refractivity contribution in [1.82, 2.24) is 0 Å². The molecular weight excluding hydrogens is 516 g/mol. The molecule has 206 valence electrons. The molecule has 0 radical (unpaired) electrons. The van der Waals surface area contributed by atoms with Crippen LogP contribution in [0.5, 0.6) is 23.0 Å². The lowest BCUT2D eigenvalue weighted by atomic mass is 9.83. The van der Waals surface area contributed by atoms with Gasteiger partial charge in [-0.05, 0) is 67.3 Å². The molecule has 0 aliphatic carbocycles. The van der Waals surface area contributed by atoms with Crippen LogP contribution >= 0.6 is 0 Å². The Labute approximate surface area is 239 Å². The fourth-order valence-electron chi connectivity index (χ4n) is 4.66. The molecule has 0 saturated carbocycles. The number of nitriles is 1. The first-order chi connectivity index (χ1) is 19.8. The Morgan fingerprint density at radius 3 is 2.49 bits per heavy atom. The molecule has 7 heteroatoms. The van der Waals surface area contributed by atoms with Gasteiger partial charge in [-0.1, -0.05) is 60.2 Å². The maximum atomic E-state index is 12.5. The summed E-state index contributed by atoms with van der Waals surface area (Å²) in [6.45, 7) is 6.13. The fourth-order valence-corrected chi connectivity index (χ4v) is 4.66. The van der Waals surface area contributed by atoms with Crippen LogP contribution in [0, 0.1) is 32.1 Å². The summed E-state index contributed by atoms with van der Waals surface area (Å²) in [5.41, 5.74) is 12.3. The van der Waals surface area contributed by atoms with Gasteiger partial charge in [-0.3, -0.25) is 0 Å². The predicted octanol–water partition coefficient (Wildman–Crippen LogP) is 6.39. The zero-order valence-electron chi connectivity index (χ0n) is 23.1. The number of nitrogens with zero attached hydrogens (tertiary/aromatic N) is 1. The normalized spacial score (nSPS) is 14.0. The highest BCUT2D eigenvalue weighted by atomic mass is 16.6. The van der Waals surface area contributed by atoms with E-state index in [2.05, 4.69) is 6.07 Å². The lowest BCUT2D eigenvalue weighted by Crippen LogP contribution is -2.22. The monoisotopic (exact) mass is 546 g/mol. The van der Waals surface area contributed by atoms with Crippen LogP contribution in [0.4, 0.5) is 0 Å². The molecule has 0 amide bonds. The standard InChI is InChI=1S/C34H30N2O5/c1-21-10-12-24(13-11-21)19-38-26-8-5-7-25(16-26)33-28-15-14-27(17-31(28)41-34(36)29(33)18-35)40-32(37)20-39-30-9-4-6-22(2)23(30)3/h4-17,33H,19-20,36H2,1-3H3. The van der Waals surface area contributed by atoms with Gasteiger partial charge in [0.25, 0.3) is 0 Å². The number of carbonyl (C=O) groups is 1. The Kier molecular flexibility index (Phi) is 7.93. The maximum Gasteiger partial charge on any atom is 0.349 e. The molecule has 1 aliphatic heterocycles. The van der Waals surface area contributed by atoms with Gasteiger partial charge < -0.3 is 24.7 Å². The van der Waals surface area contributed by atoms with E-state index in [9.17, 15) is 10.1 Å². The first kappa shape index (κ1) is 27.4. The molecule has 0 fully saturated rings. The van der Waals surface area contributed by atoms with Crippen molar-refractivity contribution in [2.75, 3.05) is 6.61 Å². The number of esters is 1. The Morgan fingerprint density at radius 1 is 0.927 bits per heavy atom. The van der Waals surface area contributed by atoms with Gasteiger partial charge in [0.05, 0.1) is 5.92 Å². The molecule has 1 atom stereocenters. The van der Waals surface area contributed by atoms with Gasteiger partial charge >= 0.3 is 5.97 Å². The van der Waals surface area contributed by atoms with Gasteiger partial charge in [0.15, 0.2) is 6.61 Å². The highest BCUT2D eigenvalue weighted by molar-refractivity contribution is 5.74. The second-order valence-corrected chi connectivity index (χ2v) is 9.93. The molecule has 4 aromatic carbocycles. The van der Waals surface area contributed by atoms with E-state index in [4.69, 9.17) is 24.7 Å². The first-order valence-electron chi connectivity index (χ1n) is 13.2. The van der Waals surface area contributed by atoms with Crippen LogP contribution < -0.4 is 24.7 Å². The van der Waals surface area contributed by atoms with Crippen molar-refractivity contribution in [1.29, 1.82) is 5.26 Å². The van der Waals surface area contributed by atoms with Crippen LogP contribution in [0.3, 0.4) is 0 Å². The molecule has 0 saturated heterocycles. The zero-order valence-corrected chi connectivity index (χ0v) is 23.1. The summed E-state index contributed by atoms with van der Waals surface area (Å²) < 4.78 is 23.0. The maximum absolute atomic E-state index is 12.5. The summed E-state index contributed by atoms with van der Waals surface area (Å²) >= 11 is 0. The molecule has 1 heterocycles. The number of rotatable bonds is 8. The second-order valence-electron chi connectivity index (χ2n) is 9.93. The van der Waals surface area contributed by atoms with E-state index in [0.717, 1.165) is 27.8 Å². The van der Waals surface area contributed by atoms with E-state index < -0.39 is 11.9 Å². The summed E-state index contributed by atoms with van der Waals surface area (Å²) in [5.74, 6) is 0.935. The largest absolute Gasteiger partial charge is 0.489 e. The fraction of sp³-hybridized carbons (Fsp3) is 0.176. The van der Waals surface area contributed by atoms with Crippen molar-refractivity contribution < 1.29 is 23.7 Å². The van der Waals surface area contributed by atoms with Gasteiger partial charge in [-0.2, -0.15) is 5.26 Å². The quantitative estimate of drug-likeness (QED) is 0.202. The third-order valence-electron chi connectivity index (χ3n) is 7.04. The summed E-state index contributed by atoms with van der Waals surface area (Å²) in [6, 6.07) is 28.6. The summed E-state index contributed by atoms with van der Waals surface area (Å²) in [6.07, 6.45) is 0. The number of allylic oxidation sites excluding steroid dienone is 1. The van der Waals surface area contributed by atoms with Gasteiger partial charge in [-0.15, -0.1) is 0 Å². The minimum Gasteiger partial charge on any atom is -0.489 e. The van der Waals surface area contributed by atoms with Gasteiger partial charge in [-0.25, -0.2) is 4.79 Å². The van der Waals surface area contributed by atoms with Crippen molar-refractivity contribution in [2.24, 2.45) is 5.73 Å². The molecule has 7 nitrogen and oxygen atoms in total. The van der Waals surface area contributed by atoms with Crippen LogP contribution in [0.2, 0.25) is 0 Å². The van der Waals surface area contributed by atoms with Crippen LogP contribution in [0.1, 0.15) is 39.3 Å². The van der Waals surface area contributed by atoms with Crippen molar-refractivity contribution in [2.45, 2.75) is 33.3 Å². The smallest absolute Gasteiger partial charge is 0.349 e. The van der Waals surface area contributed by atoms with Crippen LogP contribution in [0.15, 0.2) is 96.4 Å². The predicted molar refractivity (Wildman–Crippen MR) is 155 cm³/mol. The highest BCUT2D eigenvalue weighted by Crippen LogP contribution is 2.44. The molecule has 1 unspecified atom stereocenters. The lowest BCUT2D eigenvalue weighted by molar-refractivity contribution is -0.136. The molecule has 1 aliphatic rings. The number of fused-ring (bicyclic) bond motifs is 1. The van der Waals surface area contributed by atoms with Crippen LogP contribution in [0.25, 0.3) is 0 Å². The number of aryl methyl sites for hydroxylation is 2. The number of nitrogens with two attached hydrogens (primary N) is 1. The molecule has 0 bridgehead atoms. The topological polar surface area (TPSA) is 104 Å². The van der Waals surface area contributed by atoms with E-state index in [-0.39, 0.29) is 18.2 Å². The lowest BCUT2D eigenvalue weighted by Gasteiger charge is -2.27. The number of benzene rings is 4. The van der Waals surface area contributed by atoms with E-state index >= 15 is 0 Å². The summed E-state index contributed by atoms with van der Waals surface area (Å²) in [7, 11) is 0. The molecule has 41 heavy (non-hydrogen) atoms. The Bertz CT molecular complexity index is 1670. The molecular formula is C34H30N2O5. The summed E-state index contributed by atoms with van der Waals surface area (Å²) in [5, 5.41) is 9.94. The minimum atomic E-state index is -0.558. The van der Waals surface area contributed by atoms with E-state index in [1.807, 2.05) is 87.5 Å². The number of hydrogen-bond donors (Lipinski definition) is 1. The van der Waals surface area contributed by atoms with Gasteiger partial charge in [0, 0.05) is 11.6 Å². The average Bonchev–Trinajstić information content (AvgIpc) is 2.97. The molecule has 5 rings (SSSR count). The highest BCUT2D eigenvalue weighted by Gasteiger charge is 2.31. The van der Waals surface area contributed by atoms with Crippen molar-refractivity contribution in [3.63, 3.8) is 0 Å². The van der Waals surface area contributed by atoms with E-state index in [1.165, 1.54) is 5.56 Å². The first-order valence-corrected chi connectivity index (χ1v) is 13.2. The Balaban J connectivity index is 1.33.